The summed E-state index contributed by atoms with van der Waals surface area (Å²) in [5.74, 6) is 0.979. The molecule has 0 spiro atoms. The van der Waals surface area contributed by atoms with Crippen molar-refractivity contribution in [2.75, 3.05) is 19.6 Å². The Morgan fingerprint density at radius 2 is 1.92 bits per heavy atom. The average Bonchev–Trinajstić information content (AvgIpc) is 2.97. The second kappa shape index (κ2) is 7.25. The van der Waals surface area contributed by atoms with E-state index < -0.39 is 0 Å². The summed E-state index contributed by atoms with van der Waals surface area (Å²) in [4.78, 5) is 17.4. The van der Waals surface area contributed by atoms with Gasteiger partial charge in [-0.25, -0.2) is 4.98 Å². The molecular formula is C19H21ClN4O. The number of aromatic nitrogens is 2. The van der Waals surface area contributed by atoms with Crippen molar-refractivity contribution in [2.24, 2.45) is 0 Å². The number of para-hydroxylation sites is 2. The minimum Gasteiger partial charge on any atom is -0.342 e. The Hall–Kier alpha value is -2.37. The van der Waals surface area contributed by atoms with Crippen molar-refractivity contribution < 1.29 is 4.79 Å². The van der Waals surface area contributed by atoms with Crippen LogP contribution in [-0.4, -0.2) is 40.5 Å². The minimum atomic E-state index is 0. The number of fused-ring (bicyclic) bond motifs is 1. The zero-order valence-corrected chi connectivity index (χ0v) is 14.9. The maximum absolute atomic E-state index is 11.0. The molecule has 1 unspecified atom stereocenters. The molecule has 1 fully saturated rings. The van der Waals surface area contributed by atoms with Gasteiger partial charge in [-0.2, -0.15) is 0 Å². The van der Waals surface area contributed by atoms with E-state index in [0.717, 1.165) is 48.6 Å². The number of hydrogen-bond acceptors (Lipinski definition) is 3. The molecule has 1 aliphatic heterocycles. The van der Waals surface area contributed by atoms with Crippen molar-refractivity contribution in [1.82, 2.24) is 19.8 Å². The van der Waals surface area contributed by atoms with E-state index in [4.69, 9.17) is 0 Å². The van der Waals surface area contributed by atoms with Gasteiger partial charge < -0.3 is 10.2 Å². The predicted molar refractivity (Wildman–Crippen MR) is 101 cm³/mol. The number of imidazole rings is 1. The molecule has 0 saturated carbocycles. The zero-order valence-electron chi connectivity index (χ0n) is 14.1. The smallest absolute Gasteiger partial charge is 0.209 e. The summed E-state index contributed by atoms with van der Waals surface area (Å²) in [7, 11) is 0. The summed E-state index contributed by atoms with van der Waals surface area (Å²) in [6.45, 7) is 4.35. The first kappa shape index (κ1) is 17.5. The van der Waals surface area contributed by atoms with Crippen LogP contribution in [0, 0.1) is 6.92 Å². The first-order chi connectivity index (χ1) is 11.8. The molecule has 3 aromatic rings. The van der Waals surface area contributed by atoms with Gasteiger partial charge in [0, 0.05) is 31.4 Å². The molecule has 1 aliphatic rings. The van der Waals surface area contributed by atoms with Gasteiger partial charge in [0.2, 0.25) is 6.41 Å². The van der Waals surface area contributed by atoms with Gasteiger partial charge in [-0.1, -0.05) is 24.3 Å². The molecule has 0 bridgehead atoms. The minimum absolute atomic E-state index is 0. The molecule has 2 heterocycles. The molecule has 6 heteroatoms. The van der Waals surface area contributed by atoms with Crippen molar-refractivity contribution in [3.8, 4) is 5.69 Å². The summed E-state index contributed by atoms with van der Waals surface area (Å²) in [5.41, 5.74) is 4.43. The summed E-state index contributed by atoms with van der Waals surface area (Å²) in [6, 6.07) is 16.9. The molecule has 1 amide bonds. The number of aryl methyl sites for hydroxylation is 1. The van der Waals surface area contributed by atoms with Crippen LogP contribution < -0.4 is 5.32 Å². The molecular weight excluding hydrogens is 336 g/mol. The summed E-state index contributed by atoms with van der Waals surface area (Å²) in [6.07, 6.45) is 0.934. The fourth-order valence-corrected chi connectivity index (χ4v) is 3.42. The third kappa shape index (κ3) is 3.25. The highest BCUT2D eigenvalue weighted by Gasteiger charge is 2.19. The normalized spacial score (nSPS) is 17.3. The van der Waals surface area contributed by atoms with E-state index in [1.165, 1.54) is 5.56 Å². The number of carbonyl (C=O) groups is 1. The van der Waals surface area contributed by atoms with E-state index in [1.54, 1.807) is 0 Å². The Kier molecular flexibility index (Phi) is 5.06. The molecule has 130 valence electrons. The number of piperazine rings is 1. The number of carbonyl (C=O) groups excluding carboxylic acids is 1. The van der Waals surface area contributed by atoms with Gasteiger partial charge in [0.25, 0.3) is 0 Å². The Morgan fingerprint density at radius 1 is 1.16 bits per heavy atom. The van der Waals surface area contributed by atoms with E-state index in [-0.39, 0.29) is 18.4 Å². The van der Waals surface area contributed by atoms with Crippen molar-refractivity contribution in [3.05, 3.63) is 59.9 Å². The number of hydrogen-bond donors (Lipinski definition) is 1. The first-order valence-corrected chi connectivity index (χ1v) is 8.23. The highest BCUT2D eigenvalue weighted by molar-refractivity contribution is 5.85. The quantitative estimate of drug-likeness (QED) is 0.734. The Morgan fingerprint density at radius 3 is 2.68 bits per heavy atom. The molecule has 0 radical (unpaired) electrons. The zero-order chi connectivity index (χ0) is 16.5. The van der Waals surface area contributed by atoms with Gasteiger partial charge in [-0.3, -0.25) is 9.36 Å². The lowest BCUT2D eigenvalue weighted by molar-refractivity contribution is -0.119. The Balaban J connectivity index is 0.00000182. The summed E-state index contributed by atoms with van der Waals surface area (Å²) < 4.78 is 2.17. The standard InChI is InChI=1S/C19H20N4O.ClH/c1-14-21-17-4-2-3-5-19(17)23(14)16-8-6-15(7-9-16)18-12-22(13-24)11-10-20-18;/h2-9,13,18,20H,10-12H2,1H3;1H. The van der Waals surface area contributed by atoms with E-state index in [9.17, 15) is 4.79 Å². The van der Waals surface area contributed by atoms with Crippen LogP contribution in [0.3, 0.4) is 0 Å². The number of amides is 1. The number of rotatable bonds is 3. The molecule has 1 aromatic heterocycles. The number of nitrogens with zero attached hydrogens (tertiary/aromatic N) is 3. The van der Waals surface area contributed by atoms with Crippen LogP contribution >= 0.6 is 12.4 Å². The highest BCUT2D eigenvalue weighted by Crippen LogP contribution is 2.23. The van der Waals surface area contributed by atoms with Crippen LogP contribution in [0.4, 0.5) is 0 Å². The maximum Gasteiger partial charge on any atom is 0.209 e. The Bertz CT molecular complexity index is 875. The molecule has 4 rings (SSSR count). The number of nitrogens with one attached hydrogen (secondary N) is 1. The lowest BCUT2D eigenvalue weighted by atomic mass is 10.0. The Labute approximate surface area is 153 Å². The molecule has 0 aliphatic carbocycles. The lowest BCUT2D eigenvalue weighted by Crippen LogP contribution is -2.44. The molecule has 1 N–H and O–H groups in total. The SMILES string of the molecule is Cc1nc2ccccc2n1-c1ccc(C2CN(C=O)CCN2)cc1.Cl. The molecule has 1 saturated heterocycles. The van der Waals surface area contributed by atoms with Crippen molar-refractivity contribution in [3.63, 3.8) is 0 Å². The van der Waals surface area contributed by atoms with Crippen LogP contribution in [-0.2, 0) is 4.79 Å². The van der Waals surface area contributed by atoms with Gasteiger partial charge >= 0.3 is 0 Å². The van der Waals surface area contributed by atoms with Gasteiger partial charge in [0.15, 0.2) is 0 Å². The van der Waals surface area contributed by atoms with Crippen molar-refractivity contribution in [2.45, 2.75) is 13.0 Å². The van der Waals surface area contributed by atoms with Crippen LogP contribution in [0.2, 0.25) is 0 Å². The van der Waals surface area contributed by atoms with E-state index >= 15 is 0 Å². The first-order valence-electron chi connectivity index (χ1n) is 8.23. The van der Waals surface area contributed by atoms with Crippen LogP contribution in [0.1, 0.15) is 17.4 Å². The molecule has 5 nitrogen and oxygen atoms in total. The summed E-state index contributed by atoms with van der Waals surface area (Å²) >= 11 is 0. The van der Waals surface area contributed by atoms with Gasteiger partial charge in [0.05, 0.1) is 11.0 Å². The summed E-state index contributed by atoms with van der Waals surface area (Å²) in [5, 5.41) is 3.48. The van der Waals surface area contributed by atoms with Gasteiger partial charge in [-0.05, 0) is 36.8 Å². The average molecular weight is 357 g/mol. The second-order valence-corrected chi connectivity index (χ2v) is 6.18. The van der Waals surface area contributed by atoms with Crippen LogP contribution in [0.25, 0.3) is 16.7 Å². The topological polar surface area (TPSA) is 50.2 Å². The van der Waals surface area contributed by atoms with E-state index in [1.807, 2.05) is 30.0 Å². The third-order valence-corrected chi connectivity index (χ3v) is 4.64. The van der Waals surface area contributed by atoms with Gasteiger partial charge in [0.1, 0.15) is 5.82 Å². The van der Waals surface area contributed by atoms with Gasteiger partial charge in [-0.15, -0.1) is 12.4 Å². The van der Waals surface area contributed by atoms with Crippen molar-refractivity contribution in [1.29, 1.82) is 0 Å². The predicted octanol–water partition coefficient (Wildman–Crippen LogP) is 2.86. The monoisotopic (exact) mass is 356 g/mol. The van der Waals surface area contributed by atoms with E-state index in [2.05, 4.69) is 45.2 Å². The molecule has 25 heavy (non-hydrogen) atoms. The lowest BCUT2D eigenvalue weighted by Gasteiger charge is -2.31. The fraction of sp³-hybridized carbons (Fsp3) is 0.263. The molecule has 2 aromatic carbocycles. The molecule has 1 atom stereocenters. The third-order valence-electron chi connectivity index (χ3n) is 4.64. The number of halogens is 1. The largest absolute Gasteiger partial charge is 0.342 e. The maximum atomic E-state index is 11.0. The highest BCUT2D eigenvalue weighted by atomic mass is 35.5. The van der Waals surface area contributed by atoms with Crippen LogP contribution in [0.15, 0.2) is 48.5 Å². The fourth-order valence-electron chi connectivity index (χ4n) is 3.42. The number of benzene rings is 2. The second-order valence-electron chi connectivity index (χ2n) is 6.18. The van der Waals surface area contributed by atoms with E-state index in [0.29, 0.717) is 0 Å². The van der Waals surface area contributed by atoms with Crippen molar-refractivity contribution >= 4 is 29.9 Å². The van der Waals surface area contributed by atoms with Crippen LogP contribution in [0.5, 0.6) is 0 Å².